The zero-order valence-electron chi connectivity index (χ0n) is 34.9. The highest BCUT2D eigenvalue weighted by Gasteiger charge is 2.51. The monoisotopic (exact) mass is 812 g/mol. The van der Waals surface area contributed by atoms with Crippen LogP contribution in [0.4, 0.5) is 9.59 Å². The second-order valence-electron chi connectivity index (χ2n) is 17.8. The van der Waals surface area contributed by atoms with Crippen molar-refractivity contribution in [2.24, 2.45) is 5.92 Å². The highest BCUT2D eigenvalue weighted by Crippen LogP contribution is 2.58. The molecule has 318 valence electrons. The van der Waals surface area contributed by atoms with Crippen LogP contribution in [0.25, 0.3) is 11.3 Å². The maximum Gasteiger partial charge on any atom is 0.408 e. The second kappa shape index (κ2) is 17.0. The van der Waals surface area contributed by atoms with Crippen molar-refractivity contribution in [3.8, 4) is 11.3 Å². The predicted molar refractivity (Wildman–Crippen MR) is 218 cm³/mol. The third-order valence-electron chi connectivity index (χ3n) is 14.1. The van der Waals surface area contributed by atoms with Gasteiger partial charge < -0.3 is 44.6 Å². The van der Waals surface area contributed by atoms with Gasteiger partial charge in [-0.05, 0) is 93.6 Å². The Morgan fingerprint density at radius 2 is 1.36 bits per heavy atom. The molecule has 2 aromatic heterocycles. The molecule has 5 heterocycles. The van der Waals surface area contributed by atoms with Gasteiger partial charge in [-0.2, -0.15) is 0 Å². The first-order valence-electron chi connectivity index (χ1n) is 21.7. The molecule has 0 radical (unpaired) electrons. The average molecular weight is 813 g/mol. The molecule has 3 aliphatic carbocycles. The van der Waals surface area contributed by atoms with Crippen LogP contribution in [0.5, 0.6) is 0 Å². The lowest BCUT2D eigenvalue weighted by molar-refractivity contribution is -0.135. The Morgan fingerprint density at radius 1 is 0.763 bits per heavy atom. The number of carbonyl (C=O) groups is 4. The number of alkyl carbamates (subject to hydrolysis) is 2. The quantitative estimate of drug-likeness (QED) is 0.172. The number of methoxy groups -OCH3 is 1. The fraction of sp³-hybridized carbons (Fsp3) is 0.636. The SMILES string of the molecule is COC(=O)NC(C)C(=O)N1CCC[C@H]1c1ncc(C23CCC(c4ccc(-c5cnc([C@@H]6CCCN6C(=O)[C@H](NC(=O)OC6CCOCC6)C(C)C)[nH]5)cc4)(CC2)CC3)[nH]1. The van der Waals surface area contributed by atoms with Gasteiger partial charge in [-0.1, -0.05) is 38.1 Å². The number of hydrogen-bond donors (Lipinski definition) is 4. The van der Waals surface area contributed by atoms with E-state index in [2.05, 4.69) is 44.9 Å². The minimum atomic E-state index is -0.695. The van der Waals surface area contributed by atoms with Crippen LogP contribution in [0.15, 0.2) is 36.7 Å². The molecule has 1 unspecified atom stereocenters. The summed E-state index contributed by atoms with van der Waals surface area (Å²) in [6, 6.07) is 7.25. The van der Waals surface area contributed by atoms with Gasteiger partial charge in [0.2, 0.25) is 11.8 Å². The molecule has 6 aliphatic rings. The Kier molecular flexibility index (Phi) is 11.8. The number of ether oxygens (including phenoxy) is 3. The summed E-state index contributed by atoms with van der Waals surface area (Å²) in [4.78, 5) is 72.3. The van der Waals surface area contributed by atoms with E-state index in [9.17, 15) is 19.2 Å². The van der Waals surface area contributed by atoms with E-state index in [0.29, 0.717) is 39.1 Å². The summed E-state index contributed by atoms with van der Waals surface area (Å²) in [7, 11) is 1.29. The number of aromatic nitrogens is 4. The van der Waals surface area contributed by atoms with Crippen LogP contribution in [0.2, 0.25) is 0 Å². The number of rotatable bonds is 11. The molecule has 1 aromatic carbocycles. The molecule has 9 rings (SSSR count). The van der Waals surface area contributed by atoms with Gasteiger partial charge in [0.25, 0.3) is 0 Å². The second-order valence-corrected chi connectivity index (χ2v) is 17.8. The normalized spacial score (nSPS) is 26.8. The van der Waals surface area contributed by atoms with E-state index in [1.807, 2.05) is 36.0 Å². The molecular formula is C44H60N8O7. The minimum Gasteiger partial charge on any atom is -0.453 e. The Hall–Kier alpha value is -4.92. The molecule has 3 aliphatic heterocycles. The summed E-state index contributed by atoms with van der Waals surface area (Å²) in [6.07, 6.45) is 13.7. The van der Waals surface area contributed by atoms with E-state index >= 15 is 0 Å². The Labute approximate surface area is 346 Å². The highest BCUT2D eigenvalue weighted by atomic mass is 16.6. The van der Waals surface area contributed by atoms with Gasteiger partial charge in [-0.25, -0.2) is 19.6 Å². The third-order valence-corrected chi connectivity index (χ3v) is 14.1. The number of amides is 4. The third kappa shape index (κ3) is 8.18. The number of hydrogen-bond acceptors (Lipinski definition) is 9. The van der Waals surface area contributed by atoms with Crippen LogP contribution in [0.3, 0.4) is 0 Å². The van der Waals surface area contributed by atoms with Gasteiger partial charge in [0.1, 0.15) is 29.8 Å². The van der Waals surface area contributed by atoms with Gasteiger partial charge in [0.15, 0.2) is 0 Å². The lowest BCUT2D eigenvalue weighted by Gasteiger charge is -2.53. The Balaban J connectivity index is 0.884. The van der Waals surface area contributed by atoms with Gasteiger partial charge in [0.05, 0.1) is 44.3 Å². The number of likely N-dealkylation sites (tertiary alicyclic amines) is 2. The minimum absolute atomic E-state index is 0.0568. The molecule has 15 nitrogen and oxygen atoms in total. The number of nitrogens with zero attached hydrogens (tertiary/aromatic N) is 4. The maximum absolute atomic E-state index is 13.9. The van der Waals surface area contributed by atoms with Gasteiger partial charge in [-0.3, -0.25) is 9.59 Å². The number of imidazole rings is 2. The van der Waals surface area contributed by atoms with Crippen molar-refractivity contribution in [2.45, 2.75) is 139 Å². The molecule has 4 amide bonds. The molecule has 15 heteroatoms. The molecular weight excluding hydrogens is 753 g/mol. The highest BCUT2D eigenvalue weighted by molar-refractivity contribution is 5.87. The Bertz CT molecular complexity index is 1960. The lowest BCUT2D eigenvalue weighted by atomic mass is 9.51. The summed E-state index contributed by atoms with van der Waals surface area (Å²) in [5.74, 6) is 1.24. The van der Waals surface area contributed by atoms with Crippen molar-refractivity contribution >= 4 is 24.0 Å². The number of H-pyrrole nitrogens is 2. The number of benzene rings is 1. The molecule has 59 heavy (non-hydrogen) atoms. The lowest BCUT2D eigenvalue weighted by Crippen LogP contribution is -2.51. The van der Waals surface area contributed by atoms with Crippen LogP contribution in [0, 0.1) is 5.92 Å². The van der Waals surface area contributed by atoms with Crippen LogP contribution < -0.4 is 10.6 Å². The van der Waals surface area contributed by atoms with E-state index < -0.39 is 24.3 Å². The molecule has 2 bridgehead atoms. The number of carbonyl (C=O) groups excluding carboxylic acids is 4. The van der Waals surface area contributed by atoms with E-state index in [4.69, 9.17) is 24.2 Å². The standard InChI is InChI=1S/C44H60N8O7/c1-27(2)36(50-42(56)59-31-13-23-58-24-14-31)40(54)52-22-6-7-33(52)37-45-25-32(48-37)29-9-11-30(12-10-29)43-15-18-44(19-16-43,20-17-43)35-26-46-38(49-35)34-8-5-21-51(34)39(53)28(3)47-41(55)57-4/h9-12,25-28,31,33-34,36H,5-8,13-24H2,1-4H3,(H,45,48)(H,46,49)(H,47,55)(H,50,56)/t28?,33-,34-,36+,43?,44?/m0/s1. The summed E-state index contributed by atoms with van der Waals surface area (Å²) < 4.78 is 15.7. The first-order valence-corrected chi connectivity index (χ1v) is 21.7. The van der Waals surface area contributed by atoms with Gasteiger partial charge in [-0.15, -0.1) is 0 Å². The van der Waals surface area contributed by atoms with E-state index in [0.717, 1.165) is 87.1 Å². The van der Waals surface area contributed by atoms with Gasteiger partial charge in [0, 0.05) is 43.2 Å². The first kappa shape index (κ1) is 40.8. The number of nitrogens with one attached hydrogen (secondary N) is 4. The zero-order valence-corrected chi connectivity index (χ0v) is 34.9. The average Bonchev–Trinajstić information content (AvgIpc) is 4.10. The predicted octanol–water partition coefficient (Wildman–Crippen LogP) is 6.34. The fourth-order valence-electron chi connectivity index (χ4n) is 10.4. The maximum atomic E-state index is 13.9. The van der Waals surface area contributed by atoms with Crippen molar-refractivity contribution in [3.63, 3.8) is 0 Å². The summed E-state index contributed by atoms with van der Waals surface area (Å²) >= 11 is 0. The fourth-order valence-corrected chi connectivity index (χ4v) is 10.4. The molecule has 6 fully saturated rings. The molecule has 4 atom stereocenters. The van der Waals surface area contributed by atoms with Crippen LogP contribution in [-0.2, 0) is 34.6 Å². The van der Waals surface area contributed by atoms with Gasteiger partial charge >= 0.3 is 12.2 Å². The smallest absolute Gasteiger partial charge is 0.408 e. The summed E-state index contributed by atoms with van der Waals surface area (Å²) in [5, 5.41) is 5.47. The van der Waals surface area contributed by atoms with Crippen LogP contribution >= 0.6 is 0 Å². The van der Waals surface area contributed by atoms with Crippen LogP contribution in [0.1, 0.15) is 133 Å². The first-order chi connectivity index (χ1) is 28.5. The van der Waals surface area contributed by atoms with Crippen molar-refractivity contribution in [3.05, 3.63) is 59.6 Å². The molecule has 3 aromatic rings. The van der Waals surface area contributed by atoms with Crippen molar-refractivity contribution < 1.29 is 33.4 Å². The topological polar surface area (TPSA) is 184 Å². The van der Waals surface area contributed by atoms with E-state index in [-0.39, 0.29) is 46.7 Å². The largest absolute Gasteiger partial charge is 0.453 e. The van der Waals surface area contributed by atoms with Crippen LogP contribution in [-0.4, -0.2) is 105 Å². The molecule has 3 saturated heterocycles. The van der Waals surface area contributed by atoms with Crippen molar-refractivity contribution in [2.75, 3.05) is 33.4 Å². The van der Waals surface area contributed by atoms with Crippen molar-refractivity contribution in [1.82, 2.24) is 40.4 Å². The number of fused-ring (bicyclic) bond motifs is 3. The molecule has 3 saturated carbocycles. The van der Waals surface area contributed by atoms with E-state index in [1.165, 1.54) is 18.4 Å². The van der Waals surface area contributed by atoms with E-state index in [1.54, 1.807) is 6.92 Å². The summed E-state index contributed by atoms with van der Waals surface area (Å²) in [5.41, 5.74) is 4.73. The molecule has 0 spiro atoms. The zero-order chi connectivity index (χ0) is 41.3. The Morgan fingerprint density at radius 3 is 1.98 bits per heavy atom. The molecule has 4 N–H and O–H groups in total. The number of aromatic amines is 2. The van der Waals surface area contributed by atoms with Crippen molar-refractivity contribution in [1.29, 1.82) is 0 Å². The summed E-state index contributed by atoms with van der Waals surface area (Å²) in [6.45, 7) is 7.95.